The monoisotopic (exact) mass is 570 g/mol. The highest BCUT2D eigenvalue weighted by Gasteiger charge is 2.38. The number of quaternary nitrogens is 2. The Balaban J connectivity index is 1.37. The van der Waals surface area contributed by atoms with Crippen molar-refractivity contribution in [2.75, 3.05) is 89.3 Å². The predicted molar refractivity (Wildman–Crippen MR) is 143 cm³/mol. The molecular formula is C22H32Cl2N10O4+2. The molecule has 206 valence electrons. The van der Waals surface area contributed by atoms with Crippen molar-refractivity contribution in [2.45, 2.75) is 13.8 Å². The van der Waals surface area contributed by atoms with Crippen LogP contribution in [-0.4, -0.2) is 118 Å². The van der Waals surface area contributed by atoms with Crippen LogP contribution in [-0.2, 0) is 0 Å². The first-order valence-electron chi connectivity index (χ1n) is 12.3. The van der Waals surface area contributed by atoms with Gasteiger partial charge in [0.15, 0.2) is 0 Å². The zero-order chi connectivity index (χ0) is 27.8. The molecule has 4 rings (SSSR count). The maximum Gasteiger partial charge on any atom is 0.348 e. The molecule has 0 aromatic carbocycles. The molecule has 2 aromatic rings. The number of halogens is 2. The highest BCUT2D eigenvalue weighted by Crippen LogP contribution is 2.34. The third kappa shape index (κ3) is 5.87. The number of rotatable bonds is 7. The van der Waals surface area contributed by atoms with Gasteiger partial charge in [0.2, 0.25) is 21.9 Å². The Hall–Kier alpha value is -2.94. The number of nitro groups is 2. The summed E-state index contributed by atoms with van der Waals surface area (Å²) in [6, 6.07) is 0. The third-order valence-electron chi connectivity index (χ3n) is 7.65. The van der Waals surface area contributed by atoms with E-state index in [4.69, 9.17) is 23.2 Å². The van der Waals surface area contributed by atoms with Crippen LogP contribution in [0.15, 0.2) is 0 Å². The zero-order valence-electron chi connectivity index (χ0n) is 21.9. The van der Waals surface area contributed by atoms with Gasteiger partial charge in [0.05, 0.1) is 76.3 Å². The van der Waals surface area contributed by atoms with Gasteiger partial charge in [-0.2, -0.15) is 0 Å². The van der Waals surface area contributed by atoms with Crippen molar-refractivity contribution >= 4 is 46.2 Å². The van der Waals surface area contributed by atoms with Crippen molar-refractivity contribution in [3.8, 4) is 0 Å². The van der Waals surface area contributed by atoms with Gasteiger partial charge in [0.25, 0.3) is 0 Å². The van der Waals surface area contributed by atoms with Crippen LogP contribution in [0.3, 0.4) is 0 Å². The van der Waals surface area contributed by atoms with Crippen LogP contribution >= 0.6 is 23.2 Å². The van der Waals surface area contributed by atoms with E-state index in [1.54, 1.807) is 13.8 Å². The average Bonchev–Trinajstić information content (AvgIpc) is 2.82. The van der Waals surface area contributed by atoms with Crippen molar-refractivity contribution < 1.29 is 18.8 Å². The van der Waals surface area contributed by atoms with Gasteiger partial charge >= 0.3 is 11.4 Å². The highest BCUT2D eigenvalue weighted by molar-refractivity contribution is 6.32. The topological polar surface area (TPSA) is 144 Å². The highest BCUT2D eigenvalue weighted by atomic mass is 35.5. The number of likely N-dealkylation sites (N-methyl/N-ethyl adjacent to an activating group) is 2. The summed E-state index contributed by atoms with van der Waals surface area (Å²) >= 11 is 12.1. The largest absolute Gasteiger partial charge is 0.348 e. The van der Waals surface area contributed by atoms with E-state index in [2.05, 4.69) is 34.0 Å². The van der Waals surface area contributed by atoms with E-state index in [0.29, 0.717) is 37.8 Å². The van der Waals surface area contributed by atoms with E-state index in [1.807, 2.05) is 9.80 Å². The first kappa shape index (κ1) is 28.1. The van der Waals surface area contributed by atoms with E-state index in [0.717, 1.165) is 48.2 Å². The number of nitrogens with zero attached hydrogens (tertiary/aromatic N) is 10. The maximum absolute atomic E-state index is 11.6. The quantitative estimate of drug-likeness (QED) is 0.210. The fourth-order valence-corrected chi connectivity index (χ4v) is 5.59. The van der Waals surface area contributed by atoms with Gasteiger partial charge in [-0.1, -0.05) is 23.2 Å². The number of piperazine rings is 2. The molecule has 16 heteroatoms. The van der Waals surface area contributed by atoms with Crippen molar-refractivity contribution in [1.82, 2.24) is 19.9 Å². The second-order valence-corrected chi connectivity index (χ2v) is 11.3. The Morgan fingerprint density at radius 2 is 1.03 bits per heavy atom. The van der Waals surface area contributed by atoms with Crippen LogP contribution in [0.25, 0.3) is 0 Å². The van der Waals surface area contributed by atoms with Gasteiger partial charge in [-0.15, -0.1) is 0 Å². The van der Waals surface area contributed by atoms with Crippen LogP contribution in [0.4, 0.5) is 23.0 Å². The molecule has 0 radical (unpaired) electrons. The van der Waals surface area contributed by atoms with Crippen molar-refractivity contribution in [3.63, 3.8) is 0 Å². The molecule has 4 heterocycles. The molecule has 2 fully saturated rings. The minimum atomic E-state index is -0.518. The van der Waals surface area contributed by atoms with Gasteiger partial charge < -0.3 is 18.8 Å². The summed E-state index contributed by atoms with van der Waals surface area (Å²) in [7, 11) is 4.42. The number of aryl methyl sites for hydroxylation is 2. The van der Waals surface area contributed by atoms with Gasteiger partial charge in [0.1, 0.15) is 24.7 Å². The Labute approximate surface area is 230 Å². The summed E-state index contributed by atoms with van der Waals surface area (Å²) in [6.45, 7) is 11.0. The molecule has 0 aliphatic carbocycles. The van der Waals surface area contributed by atoms with Crippen molar-refractivity contribution in [3.05, 3.63) is 42.2 Å². The summed E-state index contributed by atoms with van der Waals surface area (Å²) in [4.78, 5) is 42.6. The fourth-order valence-electron chi connectivity index (χ4n) is 5.04. The smallest absolute Gasteiger partial charge is 0.339 e. The molecule has 0 N–H and O–H groups in total. The first-order chi connectivity index (χ1) is 17.8. The molecule has 2 saturated heterocycles. The summed E-state index contributed by atoms with van der Waals surface area (Å²) < 4.78 is 1.68. The average molecular weight is 571 g/mol. The molecule has 0 bridgehead atoms. The normalized spacial score (nSPS) is 18.9. The molecular weight excluding hydrogens is 539 g/mol. The van der Waals surface area contributed by atoms with Crippen LogP contribution in [0.5, 0.6) is 0 Å². The van der Waals surface area contributed by atoms with Crippen molar-refractivity contribution in [1.29, 1.82) is 0 Å². The second kappa shape index (κ2) is 10.7. The number of aromatic nitrogens is 4. The molecule has 38 heavy (non-hydrogen) atoms. The Morgan fingerprint density at radius 3 is 1.32 bits per heavy atom. The lowest BCUT2D eigenvalue weighted by Gasteiger charge is -2.46. The van der Waals surface area contributed by atoms with Crippen LogP contribution in [0, 0.1) is 34.1 Å². The summed E-state index contributed by atoms with van der Waals surface area (Å²) in [6.07, 6.45) is 0. The lowest BCUT2D eigenvalue weighted by Crippen LogP contribution is -2.64. The Morgan fingerprint density at radius 1 is 0.711 bits per heavy atom. The number of hydrogen-bond donors (Lipinski definition) is 0. The van der Waals surface area contributed by atoms with E-state index in [1.165, 1.54) is 0 Å². The summed E-state index contributed by atoms with van der Waals surface area (Å²) in [5, 5.41) is 22.9. The summed E-state index contributed by atoms with van der Waals surface area (Å²) in [5.41, 5.74) is -0.491. The van der Waals surface area contributed by atoms with Gasteiger partial charge in [-0.3, -0.25) is 20.2 Å². The molecule has 2 aromatic heterocycles. The fraction of sp³-hybridized carbons (Fsp3) is 0.636. The van der Waals surface area contributed by atoms with Crippen molar-refractivity contribution in [2.24, 2.45) is 0 Å². The van der Waals surface area contributed by atoms with Crippen LogP contribution in [0.2, 0.25) is 10.3 Å². The maximum atomic E-state index is 11.6. The Kier molecular flexibility index (Phi) is 7.89. The summed E-state index contributed by atoms with van der Waals surface area (Å²) in [5.74, 6) is 1.37. The molecule has 14 nitrogen and oxygen atoms in total. The van der Waals surface area contributed by atoms with E-state index < -0.39 is 9.85 Å². The number of hydrogen-bond acceptors (Lipinski definition) is 10. The lowest BCUT2D eigenvalue weighted by atomic mass is 10.2. The van der Waals surface area contributed by atoms with E-state index in [9.17, 15) is 20.2 Å². The standard InChI is InChI=1S/C22H32Cl2N10O4/c1-15-25-19(23)17(31(35)36)21(27-15)29-5-9-33(3,10-6-29)13-14-34(4)11-7-30(8-12-34)22-18(32(37)38)20(24)26-16(2)28-22/h5-14H2,1-4H3/q+2. The molecule has 2 aliphatic heterocycles. The van der Waals surface area contributed by atoms with E-state index >= 15 is 0 Å². The minimum absolute atomic E-state index is 0.137. The molecule has 0 atom stereocenters. The van der Waals surface area contributed by atoms with Gasteiger partial charge in [0, 0.05) is 0 Å². The third-order valence-corrected chi connectivity index (χ3v) is 8.18. The van der Waals surface area contributed by atoms with E-state index in [-0.39, 0.29) is 33.3 Å². The lowest BCUT2D eigenvalue weighted by molar-refractivity contribution is -0.964. The molecule has 0 unspecified atom stereocenters. The van der Waals surface area contributed by atoms with Crippen LogP contribution < -0.4 is 9.80 Å². The molecule has 2 aliphatic rings. The SMILES string of the molecule is Cc1nc(Cl)c([N+](=O)[O-])c(N2CC[N+](C)(CC[N+]3(C)CCN(c4nc(C)nc(Cl)c4[N+](=O)[O-])CC3)CC2)n1. The Bertz CT molecular complexity index is 1150. The molecule has 0 spiro atoms. The van der Waals surface area contributed by atoms with Gasteiger partial charge in [-0.25, -0.2) is 19.9 Å². The number of anilines is 2. The molecule has 0 saturated carbocycles. The first-order valence-corrected chi connectivity index (χ1v) is 13.1. The predicted octanol–water partition coefficient (Wildman–Crippen LogP) is 2.24. The van der Waals surface area contributed by atoms with Gasteiger partial charge in [-0.05, 0) is 13.8 Å². The zero-order valence-corrected chi connectivity index (χ0v) is 23.4. The minimum Gasteiger partial charge on any atom is -0.339 e. The molecule has 0 amide bonds. The second-order valence-electron chi connectivity index (χ2n) is 10.5. The van der Waals surface area contributed by atoms with Crippen LogP contribution in [0.1, 0.15) is 11.6 Å².